The number of rotatable bonds is 2. The molecule has 0 bridgehead atoms. The van der Waals surface area contributed by atoms with Gasteiger partial charge in [0, 0.05) is 0 Å². The van der Waals surface area contributed by atoms with E-state index in [-0.39, 0.29) is 0 Å². The fourth-order valence-corrected chi connectivity index (χ4v) is 12.9. The van der Waals surface area contributed by atoms with E-state index in [4.69, 9.17) is 4.42 Å². The van der Waals surface area contributed by atoms with Gasteiger partial charge in [0.2, 0.25) is 0 Å². The first kappa shape index (κ1) is 23.0. The summed E-state index contributed by atoms with van der Waals surface area (Å²) in [6.45, 7) is 2.13. The maximum atomic E-state index is 10.2. The van der Waals surface area contributed by atoms with Crippen LogP contribution in [0.1, 0.15) is 11.1 Å². The monoisotopic (exact) mass is 553 g/mol. The van der Waals surface area contributed by atoms with Crippen LogP contribution in [0.2, 0.25) is 11.5 Å². The molecule has 0 spiro atoms. The summed E-state index contributed by atoms with van der Waals surface area (Å²) in [5, 5.41) is 12.3. The third kappa shape index (κ3) is 3.11. The molecule has 0 fully saturated rings. The first-order valence-corrected chi connectivity index (χ1v) is 19.3. The molecule has 0 saturated heterocycles. The Bertz CT molecular complexity index is 1990. The molecule has 0 saturated carbocycles. The van der Waals surface area contributed by atoms with Gasteiger partial charge in [0.25, 0.3) is 0 Å². The molecular formula is C34H27GeN2O+. The molecule has 0 N–H and O–H groups in total. The van der Waals surface area contributed by atoms with Crippen molar-refractivity contribution in [3.05, 3.63) is 102 Å². The van der Waals surface area contributed by atoms with E-state index in [9.17, 15) is 5.26 Å². The molecular weight excluding hydrogens is 525 g/mol. The topological polar surface area (TPSA) is 40.8 Å². The van der Waals surface area contributed by atoms with Gasteiger partial charge in [-0.25, -0.2) is 0 Å². The zero-order valence-corrected chi connectivity index (χ0v) is 24.1. The van der Waals surface area contributed by atoms with E-state index < -0.39 is 13.3 Å². The van der Waals surface area contributed by atoms with Crippen LogP contribution in [0.15, 0.2) is 95.5 Å². The average Bonchev–Trinajstić information content (AvgIpc) is 3.41. The Labute approximate surface area is 225 Å². The van der Waals surface area contributed by atoms with Crippen molar-refractivity contribution in [3.63, 3.8) is 0 Å². The van der Waals surface area contributed by atoms with Crippen LogP contribution in [0.25, 0.3) is 55.4 Å². The van der Waals surface area contributed by atoms with Crippen molar-refractivity contribution in [1.82, 2.24) is 0 Å². The molecule has 4 heteroatoms. The molecule has 3 nitrogen and oxygen atoms in total. The van der Waals surface area contributed by atoms with E-state index >= 15 is 0 Å². The normalized spacial score (nSPS) is 13.4. The number of pyridine rings is 1. The SMILES string of the molecule is Cc1ccc2c(oc3c(-c4ccc5[c](c4)[Ge]([CH3])([CH3])[c]4ccccc4-5)c(C#N)ccc32)c1-c1cccc[n+]1C. The van der Waals surface area contributed by atoms with Gasteiger partial charge in [0.05, 0.1) is 0 Å². The molecule has 4 aromatic carbocycles. The van der Waals surface area contributed by atoms with E-state index in [1.165, 1.54) is 19.9 Å². The van der Waals surface area contributed by atoms with Gasteiger partial charge in [-0.1, -0.05) is 0 Å². The Morgan fingerprint density at radius 2 is 1.47 bits per heavy atom. The van der Waals surface area contributed by atoms with E-state index in [2.05, 4.69) is 109 Å². The second-order valence-electron chi connectivity index (χ2n) is 10.8. The Hall–Kier alpha value is -4.14. The van der Waals surface area contributed by atoms with Crippen molar-refractivity contribution in [3.8, 4) is 39.6 Å². The number of aryl methyl sites for hydroxylation is 2. The first-order chi connectivity index (χ1) is 18.4. The summed E-state index contributed by atoms with van der Waals surface area (Å²) < 4.78 is 11.9. The van der Waals surface area contributed by atoms with Crippen LogP contribution in [-0.2, 0) is 7.05 Å². The second kappa shape index (κ2) is 8.18. The van der Waals surface area contributed by atoms with Gasteiger partial charge in [-0.15, -0.1) is 0 Å². The molecule has 0 radical (unpaired) electrons. The Morgan fingerprint density at radius 3 is 2.26 bits per heavy atom. The summed E-state index contributed by atoms with van der Waals surface area (Å²) >= 11 is -2.46. The number of hydrogen-bond acceptors (Lipinski definition) is 2. The molecule has 7 rings (SSSR count). The molecule has 6 aromatic rings. The van der Waals surface area contributed by atoms with Crippen LogP contribution in [0, 0.1) is 18.3 Å². The van der Waals surface area contributed by atoms with E-state index in [0.717, 1.165) is 49.9 Å². The predicted molar refractivity (Wildman–Crippen MR) is 157 cm³/mol. The summed E-state index contributed by atoms with van der Waals surface area (Å²) in [5.41, 5.74) is 10.3. The minimum atomic E-state index is -2.46. The molecule has 1 aliphatic heterocycles. The zero-order valence-electron chi connectivity index (χ0n) is 22.0. The summed E-state index contributed by atoms with van der Waals surface area (Å²) in [5.74, 6) is 4.94. The zero-order chi connectivity index (χ0) is 26.2. The summed E-state index contributed by atoms with van der Waals surface area (Å²) in [6, 6.07) is 32.6. The van der Waals surface area contributed by atoms with Gasteiger partial charge in [-0.05, 0) is 0 Å². The van der Waals surface area contributed by atoms with E-state index in [0.29, 0.717) is 5.56 Å². The fourth-order valence-electron chi connectivity index (χ4n) is 6.34. The standard InChI is InChI=1S/C34H27GeN2O/c1-21-12-15-26-27-17-14-23(20-36)32(34(27)38-33(26)31(21)30-11-7-8-18-37(30)4)22-13-16-25-24-9-5-6-10-28(24)35(2,3)29(25)19-22/h5-19H,1-4H3/q+1. The van der Waals surface area contributed by atoms with Crippen molar-refractivity contribution in [2.24, 2.45) is 7.05 Å². The van der Waals surface area contributed by atoms with E-state index in [1.54, 1.807) is 0 Å². The first-order valence-electron chi connectivity index (χ1n) is 13.0. The number of hydrogen-bond donors (Lipinski definition) is 0. The van der Waals surface area contributed by atoms with Crippen molar-refractivity contribution in [2.75, 3.05) is 0 Å². The Balaban J connectivity index is 1.53. The van der Waals surface area contributed by atoms with Gasteiger partial charge in [0.1, 0.15) is 0 Å². The van der Waals surface area contributed by atoms with Crippen LogP contribution in [0.5, 0.6) is 0 Å². The predicted octanol–water partition coefficient (Wildman–Crippen LogP) is 6.73. The van der Waals surface area contributed by atoms with Gasteiger partial charge in [-0.2, -0.15) is 0 Å². The fraction of sp³-hybridized carbons (Fsp3) is 0.118. The van der Waals surface area contributed by atoms with Crippen LogP contribution in [0.4, 0.5) is 0 Å². The van der Waals surface area contributed by atoms with E-state index in [1.807, 2.05) is 18.2 Å². The third-order valence-electron chi connectivity index (χ3n) is 8.32. The molecule has 0 amide bonds. The number of benzene rings is 4. The molecule has 1 aliphatic rings. The van der Waals surface area contributed by atoms with Gasteiger partial charge < -0.3 is 0 Å². The van der Waals surface area contributed by atoms with Gasteiger partial charge >= 0.3 is 226 Å². The van der Waals surface area contributed by atoms with Crippen LogP contribution >= 0.6 is 0 Å². The average molecular weight is 552 g/mol. The van der Waals surface area contributed by atoms with Crippen LogP contribution in [0.3, 0.4) is 0 Å². The molecule has 2 aromatic heterocycles. The number of fused-ring (bicyclic) bond motifs is 6. The molecule has 0 aliphatic carbocycles. The van der Waals surface area contributed by atoms with Gasteiger partial charge in [0.15, 0.2) is 0 Å². The summed E-state index contributed by atoms with van der Waals surface area (Å²) in [7, 11) is 2.06. The van der Waals surface area contributed by atoms with Crippen LogP contribution in [-0.4, -0.2) is 13.3 Å². The number of nitriles is 1. The number of aromatic nitrogens is 1. The summed E-state index contributed by atoms with van der Waals surface area (Å²) in [4.78, 5) is 0. The number of nitrogens with zero attached hydrogens (tertiary/aromatic N) is 2. The van der Waals surface area contributed by atoms with Crippen molar-refractivity contribution >= 4 is 44.0 Å². The number of furan rings is 1. The molecule has 0 unspecified atom stereocenters. The molecule has 3 heterocycles. The van der Waals surface area contributed by atoms with Crippen molar-refractivity contribution in [2.45, 2.75) is 18.4 Å². The van der Waals surface area contributed by atoms with Crippen molar-refractivity contribution < 1.29 is 8.98 Å². The maximum absolute atomic E-state index is 10.2. The Morgan fingerprint density at radius 1 is 0.763 bits per heavy atom. The second-order valence-corrected chi connectivity index (χ2v) is 19.9. The minimum absolute atomic E-state index is 0.640. The Kier molecular flexibility index (Phi) is 4.95. The third-order valence-corrected chi connectivity index (χ3v) is 15.8. The van der Waals surface area contributed by atoms with Crippen LogP contribution < -0.4 is 13.4 Å². The molecule has 0 atom stereocenters. The molecule has 38 heavy (non-hydrogen) atoms. The molecule has 182 valence electrons. The quantitative estimate of drug-likeness (QED) is 0.177. The van der Waals surface area contributed by atoms with Crippen molar-refractivity contribution in [1.29, 1.82) is 5.26 Å². The van der Waals surface area contributed by atoms with Gasteiger partial charge in [-0.3, -0.25) is 0 Å². The summed E-state index contributed by atoms with van der Waals surface area (Å²) in [6.07, 6.45) is 2.06.